The van der Waals surface area contributed by atoms with Gasteiger partial charge in [-0.25, -0.2) is 0 Å². The zero-order valence-electron chi connectivity index (χ0n) is 11.3. The van der Waals surface area contributed by atoms with Crippen molar-refractivity contribution in [2.75, 3.05) is 6.54 Å². The molecule has 2 aromatic rings. The summed E-state index contributed by atoms with van der Waals surface area (Å²) in [7, 11) is 0. The van der Waals surface area contributed by atoms with Crippen molar-refractivity contribution >= 4 is 23.2 Å². The molecule has 20 heavy (non-hydrogen) atoms. The van der Waals surface area contributed by atoms with Crippen LogP contribution in [0.3, 0.4) is 0 Å². The van der Waals surface area contributed by atoms with Crippen molar-refractivity contribution in [2.24, 2.45) is 0 Å². The van der Waals surface area contributed by atoms with Crippen LogP contribution in [0, 0.1) is 0 Å². The average Bonchev–Trinajstić information content (AvgIpc) is 2.44. The zero-order chi connectivity index (χ0) is 14.4. The van der Waals surface area contributed by atoms with Gasteiger partial charge in [0.15, 0.2) is 0 Å². The van der Waals surface area contributed by atoms with Gasteiger partial charge in [0, 0.05) is 17.1 Å². The van der Waals surface area contributed by atoms with E-state index < -0.39 is 0 Å². The highest BCUT2D eigenvalue weighted by Gasteiger charge is 2.08. The van der Waals surface area contributed by atoms with Crippen molar-refractivity contribution in [3.05, 3.63) is 58.1 Å². The molecule has 2 nitrogen and oxygen atoms in total. The summed E-state index contributed by atoms with van der Waals surface area (Å²) in [5.74, 6) is 1.42. The van der Waals surface area contributed by atoms with E-state index in [4.69, 9.17) is 27.9 Å². The lowest BCUT2D eigenvalue weighted by molar-refractivity contribution is 0.473. The van der Waals surface area contributed by atoms with E-state index in [-0.39, 0.29) is 0 Å². The van der Waals surface area contributed by atoms with Crippen LogP contribution < -0.4 is 10.1 Å². The highest BCUT2D eigenvalue weighted by atomic mass is 35.5. The van der Waals surface area contributed by atoms with Gasteiger partial charge in [-0.2, -0.15) is 0 Å². The highest BCUT2D eigenvalue weighted by Crippen LogP contribution is 2.32. The Morgan fingerprint density at radius 3 is 2.60 bits per heavy atom. The van der Waals surface area contributed by atoms with E-state index in [0.717, 1.165) is 24.3 Å². The number of benzene rings is 2. The van der Waals surface area contributed by atoms with E-state index in [1.807, 2.05) is 42.5 Å². The Morgan fingerprint density at radius 2 is 1.85 bits per heavy atom. The van der Waals surface area contributed by atoms with Gasteiger partial charge in [0.05, 0.1) is 5.02 Å². The molecule has 0 fully saturated rings. The first-order valence-corrected chi connectivity index (χ1v) is 7.38. The van der Waals surface area contributed by atoms with E-state index in [9.17, 15) is 0 Å². The minimum absolute atomic E-state index is 0.593. The summed E-state index contributed by atoms with van der Waals surface area (Å²) in [6.45, 7) is 3.80. The van der Waals surface area contributed by atoms with Crippen molar-refractivity contribution in [1.82, 2.24) is 5.32 Å². The Hall–Kier alpha value is -1.22. The van der Waals surface area contributed by atoms with Crippen LogP contribution in [0.4, 0.5) is 0 Å². The molecule has 4 heteroatoms. The monoisotopic (exact) mass is 309 g/mol. The van der Waals surface area contributed by atoms with Crippen LogP contribution in [0.25, 0.3) is 0 Å². The van der Waals surface area contributed by atoms with E-state index in [0.29, 0.717) is 22.3 Å². The Labute approximate surface area is 129 Å². The van der Waals surface area contributed by atoms with E-state index >= 15 is 0 Å². The number of rotatable bonds is 6. The summed E-state index contributed by atoms with van der Waals surface area (Å²) in [6.07, 6.45) is 1.08. The SMILES string of the molecule is CCCNCc1cc(Cl)ccc1Oc1ccccc1Cl. The summed E-state index contributed by atoms with van der Waals surface area (Å²) in [6, 6.07) is 13.0. The largest absolute Gasteiger partial charge is 0.455 e. The third-order valence-electron chi connectivity index (χ3n) is 2.82. The first-order valence-electron chi connectivity index (χ1n) is 6.62. The van der Waals surface area contributed by atoms with Crippen molar-refractivity contribution in [3.63, 3.8) is 0 Å². The van der Waals surface area contributed by atoms with Crippen LogP contribution in [-0.4, -0.2) is 6.54 Å². The Morgan fingerprint density at radius 1 is 1.05 bits per heavy atom. The predicted octanol–water partition coefficient (Wildman–Crippen LogP) is 5.29. The van der Waals surface area contributed by atoms with Gasteiger partial charge in [0.25, 0.3) is 0 Å². The molecule has 106 valence electrons. The summed E-state index contributed by atoms with van der Waals surface area (Å²) in [5.41, 5.74) is 1.02. The first-order chi connectivity index (χ1) is 9.70. The molecule has 0 atom stereocenters. The second kappa shape index (κ2) is 7.53. The van der Waals surface area contributed by atoms with Crippen LogP contribution in [0.1, 0.15) is 18.9 Å². The quantitative estimate of drug-likeness (QED) is 0.732. The van der Waals surface area contributed by atoms with Gasteiger partial charge in [0.1, 0.15) is 11.5 Å². The third kappa shape index (κ3) is 4.14. The lowest BCUT2D eigenvalue weighted by Gasteiger charge is -2.13. The topological polar surface area (TPSA) is 21.3 Å². The van der Waals surface area contributed by atoms with Gasteiger partial charge in [-0.05, 0) is 43.3 Å². The average molecular weight is 310 g/mol. The van der Waals surface area contributed by atoms with Crippen LogP contribution in [0.2, 0.25) is 10.0 Å². The molecule has 0 bridgehead atoms. The van der Waals surface area contributed by atoms with Crippen molar-refractivity contribution in [3.8, 4) is 11.5 Å². The molecular formula is C16H17Cl2NO. The Bertz CT molecular complexity index is 572. The molecular weight excluding hydrogens is 293 g/mol. The fraction of sp³-hybridized carbons (Fsp3) is 0.250. The molecule has 0 aliphatic carbocycles. The maximum absolute atomic E-state index is 6.12. The van der Waals surface area contributed by atoms with Gasteiger partial charge in [0.2, 0.25) is 0 Å². The maximum Gasteiger partial charge on any atom is 0.146 e. The summed E-state index contributed by atoms with van der Waals surface area (Å²) >= 11 is 12.2. The number of halogens is 2. The summed E-state index contributed by atoms with van der Waals surface area (Å²) < 4.78 is 5.90. The summed E-state index contributed by atoms with van der Waals surface area (Å²) in [5, 5.41) is 4.64. The molecule has 0 unspecified atom stereocenters. The molecule has 0 heterocycles. The van der Waals surface area contributed by atoms with Crippen molar-refractivity contribution in [1.29, 1.82) is 0 Å². The van der Waals surface area contributed by atoms with Gasteiger partial charge in [-0.3, -0.25) is 0 Å². The van der Waals surface area contributed by atoms with Crippen LogP contribution in [0.15, 0.2) is 42.5 Å². The molecule has 0 saturated heterocycles. The number of hydrogen-bond donors (Lipinski definition) is 1. The van der Waals surface area contributed by atoms with Gasteiger partial charge in [-0.15, -0.1) is 0 Å². The van der Waals surface area contributed by atoms with Crippen LogP contribution >= 0.6 is 23.2 Å². The van der Waals surface area contributed by atoms with Crippen molar-refractivity contribution < 1.29 is 4.74 Å². The lowest BCUT2D eigenvalue weighted by atomic mass is 10.2. The number of ether oxygens (including phenoxy) is 1. The molecule has 0 aliphatic heterocycles. The lowest BCUT2D eigenvalue weighted by Crippen LogP contribution is -2.14. The smallest absolute Gasteiger partial charge is 0.146 e. The predicted molar refractivity (Wildman–Crippen MR) is 85.0 cm³/mol. The highest BCUT2D eigenvalue weighted by molar-refractivity contribution is 6.32. The molecule has 0 amide bonds. The minimum Gasteiger partial charge on any atom is -0.455 e. The van der Waals surface area contributed by atoms with E-state index in [1.54, 1.807) is 0 Å². The van der Waals surface area contributed by atoms with Gasteiger partial charge in [-0.1, -0.05) is 42.3 Å². The standard InChI is InChI=1S/C16H17Cl2NO/c1-2-9-19-11-12-10-13(17)7-8-15(12)20-16-6-4-3-5-14(16)18/h3-8,10,19H,2,9,11H2,1H3. The van der Waals surface area contributed by atoms with E-state index in [1.165, 1.54) is 0 Å². The molecule has 2 aromatic carbocycles. The number of hydrogen-bond acceptors (Lipinski definition) is 2. The minimum atomic E-state index is 0.593. The van der Waals surface area contributed by atoms with Gasteiger partial charge >= 0.3 is 0 Å². The molecule has 0 aromatic heterocycles. The summed E-state index contributed by atoms with van der Waals surface area (Å²) in [4.78, 5) is 0. The fourth-order valence-corrected chi connectivity index (χ4v) is 2.20. The maximum atomic E-state index is 6.12. The molecule has 0 saturated carbocycles. The Balaban J connectivity index is 2.20. The molecule has 0 spiro atoms. The third-order valence-corrected chi connectivity index (χ3v) is 3.37. The molecule has 0 radical (unpaired) electrons. The van der Waals surface area contributed by atoms with Crippen LogP contribution in [-0.2, 0) is 6.54 Å². The van der Waals surface area contributed by atoms with Gasteiger partial charge < -0.3 is 10.1 Å². The Kier molecular flexibility index (Phi) is 5.72. The molecule has 0 aliphatic rings. The second-order valence-electron chi connectivity index (χ2n) is 4.46. The van der Waals surface area contributed by atoms with E-state index in [2.05, 4.69) is 12.2 Å². The second-order valence-corrected chi connectivity index (χ2v) is 5.30. The molecule has 1 N–H and O–H groups in total. The normalized spacial score (nSPS) is 10.6. The first kappa shape index (κ1) is 15.2. The van der Waals surface area contributed by atoms with Crippen molar-refractivity contribution in [2.45, 2.75) is 19.9 Å². The number of para-hydroxylation sites is 1. The molecule has 2 rings (SSSR count). The zero-order valence-corrected chi connectivity index (χ0v) is 12.8. The van der Waals surface area contributed by atoms with Crippen LogP contribution in [0.5, 0.6) is 11.5 Å². The number of nitrogens with one attached hydrogen (secondary N) is 1. The fourth-order valence-electron chi connectivity index (χ4n) is 1.83.